The van der Waals surface area contributed by atoms with E-state index in [-0.39, 0.29) is 18.5 Å². The van der Waals surface area contributed by atoms with E-state index in [2.05, 4.69) is 20.0 Å². The summed E-state index contributed by atoms with van der Waals surface area (Å²) in [7, 11) is 0. The van der Waals surface area contributed by atoms with Gasteiger partial charge in [-0.05, 0) is 44.9 Å². The largest absolute Gasteiger partial charge is 0.462 e. The fourth-order valence-electron chi connectivity index (χ4n) is 3.77. The number of carbonyl (C=O) groups is 1. The van der Waals surface area contributed by atoms with Crippen LogP contribution in [0.4, 0.5) is 10.2 Å². The minimum absolute atomic E-state index is 0.0479. The highest BCUT2D eigenvalue weighted by atomic mass is 19.1. The van der Waals surface area contributed by atoms with E-state index in [1.54, 1.807) is 23.7 Å². The number of aromatic nitrogens is 4. The van der Waals surface area contributed by atoms with Gasteiger partial charge in [-0.3, -0.25) is 4.98 Å². The summed E-state index contributed by atoms with van der Waals surface area (Å²) in [6, 6.07) is 3.36. The fraction of sp³-hybridized carbons (Fsp3) is 0.333. The minimum Gasteiger partial charge on any atom is -0.462 e. The van der Waals surface area contributed by atoms with Gasteiger partial charge in [0.05, 0.1) is 30.7 Å². The lowest BCUT2D eigenvalue weighted by molar-refractivity contribution is 0.0528. The Labute approximate surface area is 167 Å². The Hall–Kier alpha value is -3.29. The van der Waals surface area contributed by atoms with Crippen LogP contribution in [0.25, 0.3) is 11.7 Å². The lowest BCUT2D eigenvalue weighted by atomic mass is 10.0. The molecule has 0 saturated carbocycles. The molecule has 1 aliphatic heterocycles. The van der Waals surface area contributed by atoms with Crippen LogP contribution in [0.15, 0.2) is 36.8 Å². The minimum atomic E-state index is -0.449. The molecule has 0 N–H and O–H groups in total. The standard InChI is InChI=1S/C21H22FN5O2/c1-3-6-17-15(11-14(22)12-23-17)18-7-5-9-26(18)19-8-10-27-20(25-19)16(13-24-27)21(28)29-4-2/h3,6,8,10-13,18H,4-5,7,9H2,1-2H3/b6-3+/t18-/m0/s1. The first kappa shape index (κ1) is 19.0. The van der Waals surface area contributed by atoms with E-state index in [4.69, 9.17) is 4.74 Å². The maximum atomic E-state index is 14.0. The molecule has 1 aliphatic rings. The second-order valence-corrected chi connectivity index (χ2v) is 6.81. The van der Waals surface area contributed by atoms with Crippen LogP contribution in [0.3, 0.4) is 0 Å². The SMILES string of the molecule is C/C=C/c1ncc(F)cc1[C@@H]1CCCN1c1ccn2ncc(C(=O)OCC)c2n1. The van der Waals surface area contributed by atoms with Gasteiger partial charge in [0.15, 0.2) is 5.65 Å². The van der Waals surface area contributed by atoms with E-state index >= 15 is 0 Å². The van der Waals surface area contributed by atoms with Crippen molar-refractivity contribution in [3.63, 3.8) is 0 Å². The van der Waals surface area contributed by atoms with Gasteiger partial charge in [0.1, 0.15) is 17.2 Å². The van der Waals surface area contributed by atoms with Gasteiger partial charge in [-0.15, -0.1) is 0 Å². The molecule has 4 rings (SSSR count). The van der Waals surface area contributed by atoms with E-state index in [0.29, 0.717) is 17.0 Å². The molecule has 4 heterocycles. The summed E-state index contributed by atoms with van der Waals surface area (Å²) in [5, 5.41) is 4.18. The third-order valence-corrected chi connectivity index (χ3v) is 5.00. The summed E-state index contributed by atoms with van der Waals surface area (Å²) < 4.78 is 20.6. The number of ether oxygens (including phenoxy) is 1. The molecule has 0 spiro atoms. The first-order valence-electron chi connectivity index (χ1n) is 9.68. The molecular formula is C21H22FN5O2. The van der Waals surface area contributed by atoms with Gasteiger partial charge in [0.25, 0.3) is 0 Å². The quantitative estimate of drug-likeness (QED) is 0.612. The van der Waals surface area contributed by atoms with Crippen LogP contribution in [0.1, 0.15) is 54.3 Å². The average Bonchev–Trinajstić information content (AvgIpc) is 3.36. The summed E-state index contributed by atoms with van der Waals surface area (Å²) in [4.78, 5) is 23.3. The molecule has 1 saturated heterocycles. The van der Waals surface area contributed by atoms with Gasteiger partial charge in [0, 0.05) is 18.3 Å². The van der Waals surface area contributed by atoms with Crippen molar-refractivity contribution in [2.75, 3.05) is 18.1 Å². The molecule has 0 unspecified atom stereocenters. The summed E-state index contributed by atoms with van der Waals surface area (Å²) in [5.41, 5.74) is 2.36. The Kier molecular flexibility index (Phi) is 5.24. The van der Waals surface area contributed by atoms with Crippen molar-refractivity contribution in [2.45, 2.75) is 32.7 Å². The fourth-order valence-corrected chi connectivity index (χ4v) is 3.77. The third-order valence-electron chi connectivity index (χ3n) is 5.00. The number of rotatable bonds is 5. The number of nitrogens with zero attached hydrogens (tertiary/aromatic N) is 5. The zero-order valence-corrected chi connectivity index (χ0v) is 16.4. The Morgan fingerprint density at radius 2 is 2.28 bits per heavy atom. The molecule has 0 radical (unpaired) electrons. The lowest BCUT2D eigenvalue weighted by Gasteiger charge is -2.27. The highest BCUT2D eigenvalue weighted by Crippen LogP contribution is 2.37. The maximum Gasteiger partial charge on any atom is 0.343 e. The van der Waals surface area contributed by atoms with Gasteiger partial charge < -0.3 is 9.64 Å². The second-order valence-electron chi connectivity index (χ2n) is 6.81. The number of hydrogen-bond donors (Lipinski definition) is 0. The van der Waals surface area contributed by atoms with Crippen molar-refractivity contribution in [1.29, 1.82) is 0 Å². The highest BCUT2D eigenvalue weighted by molar-refractivity contribution is 5.95. The molecule has 8 heteroatoms. The molecule has 1 fully saturated rings. The molecular weight excluding hydrogens is 373 g/mol. The van der Waals surface area contributed by atoms with Crippen molar-refractivity contribution >= 4 is 23.5 Å². The molecule has 7 nitrogen and oxygen atoms in total. The molecule has 3 aromatic rings. The number of allylic oxidation sites excluding steroid dienone is 1. The number of fused-ring (bicyclic) bond motifs is 1. The molecule has 0 aliphatic carbocycles. The van der Waals surface area contributed by atoms with Crippen molar-refractivity contribution in [1.82, 2.24) is 19.6 Å². The predicted molar refractivity (Wildman–Crippen MR) is 107 cm³/mol. The van der Waals surface area contributed by atoms with Crippen molar-refractivity contribution in [3.8, 4) is 0 Å². The number of carbonyl (C=O) groups excluding carboxylic acids is 1. The van der Waals surface area contributed by atoms with Gasteiger partial charge in [-0.25, -0.2) is 18.7 Å². The maximum absolute atomic E-state index is 14.0. The second kappa shape index (κ2) is 7.98. The lowest BCUT2D eigenvalue weighted by Crippen LogP contribution is -2.25. The van der Waals surface area contributed by atoms with E-state index < -0.39 is 5.97 Å². The average molecular weight is 395 g/mol. The van der Waals surface area contributed by atoms with Crippen LogP contribution in [0.5, 0.6) is 0 Å². The van der Waals surface area contributed by atoms with Crippen LogP contribution in [-0.4, -0.2) is 38.7 Å². The smallest absolute Gasteiger partial charge is 0.343 e. The molecule has 29 heavy (non-hydrogen) atoms. The number of hydrogen-bond acceptors (Lipinski definition) is 6. The predicted octanol–water partition coefficient (Wildman–Crippen LogP) is 3.81. The van der Waals surface area contributed by atoms with Crippen LogP contribution in [0, 0.1) is 5.82 Å². The van der Waals surface area contributed by atoms with Gasteiger partial charge >= 0.3 is 5.97 Å². The van der Waals surface area contributed by atoms with Crippen LogP contribution >= 0.6 is 0 Å². The summed E-state index contributed by atoms with van der Waals surface area (Å²) in [6.45, 7) is 4.73. The topological polar surface area (TPSA) is 72.6 Å². The zero-order valence-electron chi connectivity index (χ0n) is 16.4. The van der Waals surface area contributed by atoms with E-state index in [9.17, 15) is 9.18 Å². The van der Waals surface area contributed by atoms with Gasteiger partial charge in [-0.1, -0.05) is 6.08 Å². The van der Waals surface area contributed by atoms with Crippen LogP contribution < -0.4 is 4.90 Å². The van der Waals surface area contributed by atoms with Crippen LogP contribution in [-0.2, 0) is 4.74 Å². The normalized spacial score (nSPS) is 16.8. The molecule has 3 aromatic heterocycles. The monoisotopic (exact) mass is 395 g/mol. The summed E-state index contributed by atoms with van der Waals surface area (Å²) in [6.07, 6.45) is 10.1. The zero-order chi connectivity index (χ0) is 20.4. The summed E-state index contributed by atoms with van der Waals surface area (Å²) in [5.74, 6) is -0.0968. The highest BCUT2D eigenvalue weighted by Gasteiger charge is 2.30. The van der Waals surface area contributed by atoms with E-state index in [0.717, 1.165) is 30.6 Å². The Morgan fingerprint density at radius 3 is 3.07 bits per heavy atom. The first-order valence-corrected chi connectivity index (χ1v) is 9.68. The van der Waals surface area contributed by atoms with Gasteiger partial charge in [0.2, 0.25) is 0 Å². The molecule has 1 atom stereocenters. The molecule has 0 bridgehead atoms. The summed E-state index contributed by atoms with van der Waals surface area (Å²) >= 11 is 0. The number of pyridine rings is 1. The van der Waals surface area contributed by atoms with Crippen molar-refractivity contribution in [3.05, 3.63) is 59.4 Å². The van der Waals surface area contributed by atoms with Crippen molar-refractivity contribution in [2.24, 2.45) is 0 Å². The Balaban J connectivity index is 1.74. The Bertz CT molecular complexity index is 1080. The number of halogens is 1. The first-order chi connectivity index (χ1) is 14.1. The number of anilines is 1. The molecule has 0 aromatic carbocycles. The van der Waals surface area contributed by atoms with E-state index in [1.165, 1.54) is 12.4 Å². The van der Waals surface area contributed by atoms with E-state index in [1.807, 2.05) is 25.1 Å². The van der Waals surface area contributed by atoms with Crippen LogP contribution in [0.2, 0.25) is 0 Å². The molecule has 150 valence electrons. The van der Waals surface area contributed by atoms with Gasteiger partial charge in [-0.2, -0.15) is 5.10 Å². The van der Waals surface area contributed by atoms with Crippen molar-refractivity contribution < 1.29 is 13.9 Å². The Morgan fingerprint density at radius 1 is 1.41 bits per heavy atom. The molecule has 0 amide bonds. The third kappa shape index (κ3) is 3.57. The number of esters is 1.